The van der Waals surface area contributed by atoms with Crippen molar-refractivity contribution in [1.29, 1.82) is 10.7 Å². The Kier molecular flexibility index (Phi) is 8.60. The first-order valence-electron chi connectivity index (χ1n) is 11.5. The topological polar surface area (TPSA) is 77.5 Å². The second-order valence-corrected chi connectivity index (χ2v) is 8.64. The largest absolute Gasteiger partial charge is 0.385 e. The summed E-state index contributed by atoms with van der Waals surface area (Å²) in [5.74, 6) is 0.299. The van der Waals surface area contributed by atoms with Crippen LogP contribution in [0, 0.1) is 36.5 Å². The first-order valence-corrected chi connectivity index (χ1v) is 11.5. The van der Waals surface area contributed by atoms with E-state index < -0.39 is 0 Å². The average molecular weight is 440 g/mol. The summed E-state index contributed by atoms with van der Waals surface area (Å²) >= 11 is 0. The van der Waals surface area contributed by atoms with Crippen LogP contribution in [0.5, 0.6) is 0 Å². The maximum absolute atomic E-state index is 9.42. The lowest BCUT2D eigenvalue weighted by Crippen LogP contribution is -2.07. The van der Waals surface area contributed by atoms with Crippen LogP contribution >= 0.6 is 0 Å². The maximum atomic E-state index is 9.42. The molecule has 3 aromatic rings. The summed E-state index contributed by atoms with van der Waals surface area (Å²) in [6, 6.07) is 18.3. The van der Waals surface area contributed by atoms with Crippen LogP contribution in [-0.4, -0.2) is 21.8 Å². The number of nitrogens with one attached hydrogen (secondary N) is 2. The Hall–Kier alpha value is -3.65. The van der Waals surface area contributed by atoms with Gasteiger partial charge in [-0.1, -0.05) is 19.1 Å². The second-order valence-electron chi connectivity index (χ2n) is 8.64. The molecule has 0 aliphatic heterocycles. The molecule has 2 N–H and O–H groups in total. The van der Waals surface area contributed by atoms with Crippen LogP contribution in [0.1, 0.15) is 48.0 Å². The van der Waals surface area contributed by atoms with Gasteiger partial charge in [-0.2, -0.15) is 5.26 Å². The van der Waals surface area contributed by atoms with E-state index in [1.165, 1.54) is 11.4 Å². The van der Waals surface area contributed by atoms with Crippen molar-refractivity contribution in [3.05, 3.63) is 89.0 Å². The molecule has 0 saturated carbocycles. The van der Waals surface area contributed by atoms with Crippen molar-refractivity contribution in [1.82, 2.24) is 9.55 Å². The molecule has 0 bridgehead atoms. The van der Waals surface area contributed by atoms with E-state index in [2.05, 4.69) is 72.2 Å². The molecule has 1 unspecified atom stereocenters. The highest BCUT2D eigenvalue weighted by Crippen LogP contribution is 2.18. The maximum Gasteiger partial charge on any atom is 0.0992 e. The highest BCUT2D eigenvalue weighted by molar-refractivity contribution is 5.82. The van der Waals surface area contributed by atoms with E-state index in [4.69, 9.17) is 5.41 Å². The SMILES string of the molecule is Cc1ccc(C)n1/C=C/C(C)CC(=N)CCc1cc(C#N)cc(NCCc2ccccn2)c1. The van der Waals surface area contributed by atoms with E-state index in [1.54, 1.807) is 6.20 Å². The van der Waals surface area contributed by atoms with Gasteiger partial charge in [0, 0.05) is 53.8 Å². The third-order valence-corrected chi connectivity index (χ3v) is 5.73. The van der Waals surface area contributed by atoms with Crippen molar-refractivity contribution < 1.29 is 0 Å². The number of allylic oxidation sites excluding steroid dienone is 1. The number of nitriles is 1. The second kappa shape index (κ2) is 11.8. The molecular formula is C28H33N5. The van der Waals surface area contributed by atoms with Gasteiger partial charge in [0.05, 0.1) is 11.6 Å². The smallest absolute Gasteiger partial charge is 0.0992 e. The van der Waals surface area contributed by atoms with Crippen LogP contribution in [0.2, 0.25) is 0 Å². The van der Waals surface area contributed by atoms with Crippen LogP contribution < -0.4 is 5.32 Å². The monoisotopic (exact) mass is 439 g/mol. The van der Waals surface area contributed by atoms with E-state index in [0.717, 1.165) is 48.5 Å². The standard InChI is InChI=1S/C28H33N5/c1-21(12-15-33-22(2)7-8-23(33)3)16-26(30)10-9-24-17-25(20-29)19-28(18-24)32-14-11-27-6-4-5-13-31-27/h4-8,12-13,15,17-19,21,30,32H,9-11,14,16H2,1-3H3/b15-12+,30-26?. The van der Waals surface area contributed by atoms with Crippen molar-refractivity contribution in [2.24, 2.45) is 5.92 Å². The Bertz CT molecular complexity index is 1120. The Morgan fingerprint density at radius 1 is 1.15 bits per heavy atom. The van der Waals surface area contributed by atoms with E-state index in [9.17, 15) is 5.26 Å². The third kappa shape index (κ3) is 7.47. The first-order chi connectivity index (χ1) is 15.9. The molecule has 1 aromatic carbocycles. The molecular weight excluding hydrogens is 406 g/mol. The van der Waals surface area contributed by atoms with Crippen LogP contribution in [0.25, 0.3) is 6.20 Å². The quantitative estimate of drug-likeness (QED) is 0.350. The molecule has 2 heterocycles. The molecule has 5 nitrogen and oxygen atoms in total. The van der Waals surface area contributed by atoms with Crippen LogP contribution in [0.4, 0.5) is 5.69 Å². The zero-order valence-corrected chi connectivity index (χ0v) is 19.8. The molecule has 33 heavy (non-hydrogen) atoms. The summed E-state index contributed by atoms with van der Waals surface area (Å²) < 4.78 is 2.18. The number of anilines is 1. The Balaban J connectivity index is 1.51. The number of aryl methyl sites for hydroxylation is 3. The Morgan fingerprint density at radius 2 is 1.94 bits per heavy atom. The van der Waals surface area contributed by atoms with Crippen molar-refractivity contribution in [3.8, 4) is 6.07 Å². The fourth-order valence-electron chi connectivity index (χ4n) is 3.89. The summed E-state index contributed by atoms with van der Waals surface area (Å²) in [6.07, 6.45) is 9.11. The number of hydrogen-bond donors (Lipinski definition) is 2. The number of rotatable bonds is 11. The lowest BCUT2D eigenvalue weighted by Gasteiger charge is -2.11. The Morgan fingerprint density at radius 3 is 2.64 bits per heavy atom. The van der Waals surface area contributed by atoms with Crippen molar-refractivity contribution in [3.63, 3.8) is 0 Å². The van der Waals surface area contributed by atoms with Gasteiger partial charge in [-0.25, -0.2) is 0 Å². The number of benzene rings is 1. The highest BCUT2D eigenvalue weighted by Gasteiger charge is 2.07. The lowest BCUT2D eigenvalue weighted by molar-refractivity contribution is 0.750. The molecule has 3 rings (SSSR count). The minimum atomic E-state index is 0.299. The number of hydrogen-bond acceptors (Lipinski definition) is 4. The van der Waals surface area contributed by atoms with Crippen LogP contribution in [-0.2, 0) is 12.8 Å². The fraction of sp³-hybridized carbons (Fsp3) is 0.321. The average Bonchev–Trinajstić information content (AvgIpc) is 3.14. The van der Waals surface area contributed by atoms with Gasteiger partial charge in [-0.3, -0.25) is 4.98 Å². The predicted octanol–water partition coefficient (Wildman–Crippen LogP) is 6.18. The Labute approximate surface area is 197 Å². The molecule has 0 aliphatic carbocycles. The molecule has 5 heteroatoms. The van der Waals surface area contributed by atoms with Crippen molar-refractivity contribution in [2.75, 3.05) is 11.9 Å². The first kappa shape index (κ1) is 24.0. The molecule has 0 aliphatic rings. The summed E-state index contributed by atoms with van der Waals surface area (Å²) in [5.41, 5.74) is 6.88. The summed E-state index contributed by atoms with van der Waals surface area (Å²) in [7, 11) is 0. The molecule has 0 spiro atoms. The zero-order valence-electron chi connectivity index (χ0n) is 19.8. The zero-order chi connectivity index (χ0) is 23.6. The van der Waals surface area contributed by atoms with Crippen molar-refractivity contribution >= 4 is 17.6 Å². The number of pyridine rings is 1. The normalized spacial score (nSPS) is 11.9. The van der Waals surface area contributed by atoms with Gasteiger partial charge >= 0.3 is 0 Å². The van der Waals surface area contributed by atoms with Gasteiger partial charge in [0.25, 0.3) is 0 Å². The number of aromatic nitrogens is 2. The van der Waals surface area contributed by atoms with Crippen molar-refractivity contribution in [2.45, 2.75) is 46.5 Å². The summed E-state index contributed by atoms with van der Waals surface area (Å²) in [6.45, 7) is 7.10. The fourth-order valence-corrected chi connectivity index (χ4v) is 3.89. The van der Waals surface area contributed by atoms with Gasteiger partial charge in [0.1, 0.15) is 0 Å². The van der Waals surface area contributed by atoms with Gasteiger partial charge in [0.2, 0.25) is 0 Å². The van der Waals surface area contributed by atoms with E-state index in [0.29, 0.717) is 17.9 Å². The van der Waals surface area contributed by atoms with E-state index in [-0.39, 0.29) is 0 Å². The van der Waals surface area contributed by atoms with E-state index in [1.807, 2.05) is 30.3 Å². The third-order valence-electron chi connectivity index (χ3n) is 5.73. The predicted molar refractivity (Wildman–Crippen MR) is 137 cm³/mol. The molecule has 0 amide bonds. The molecule has 170 valence electrons. The number of nitrogens with zero attached hydrogens (tertiary/aromatic N) is 3. The van der Waals surface area contributed by atoms with Gasteiger partial charge in [-0.15, -0.1) is 0 Å². The summed E-state index contributed by atoms with van der Waals surface area (Å²) in [5, 5.41) is 21.3. The van der Waals surface area contributed by atoms with E-state index >= 15 is 0 Å². The van der Waals surface area contributed by atoms with Crippen LogP contribution in [0.3, 0.4) is 0 Å². The molecule has 2 aromatic heterocycles. The molecule has 1 atom stereocenters. The van der Waals surface area contributed by atoms with Crippen LogP contribution in [0.15, 0.2) is 60.8 Å². The highest BCUT2D eigenvalue weighted by atomic mass is 15.0. The summed E-state index contributed by atoms with van der Waals surface area (Å²) in [4.78, 5) is 4.35. The molecule has 0 radical (unpaired) electrons. The van der Waals surface area contributed by atoms with Gasteiger partial charge in [-0.05, 0) is 87.1 Å². The molecule has 0 saturated heterocycles. The minimum Gasteiger partial charge on any atom is -0.385 e. The minimum absolute atomic E-state index is 0.299. The van der Waals surface area contributed by atoms with Gasteiger partial charge in [0.15, 0.2) is 0 Å². The van der Waals surface area contributed by atoms with Gasteiger partial charge < -0.3 is 15.3 Å². The lowest BCUT2D eigenvalue weighted by atomic mass is 9.98. The molecule has 0 fully saturated rings.